The van der Waals surface area contributed by atoms with Gasteiger partial charge in [0, 0.05) is 19.0 Å². The third-order valence-electron chi connectivity index (χ3n) is 7.95. The molecule has 244 valence electrons. The van der Waals surface area contributed by atoms with Crippen molar-refractivity contribution in [1.82, 2.24) is 9.68 Å². The van der Waals surface area contributed by atoms with Crippen molar-refractivity contribution in [3.05, 3.63) is 64.7 Å². The number of carbonyl (C=O) groups excluding carboxylic acids is 1. The predicted octanol–water partition coefficient (Wildman–Crippen LogP) is 9.15. The molecule has 2 atom stereocenters. The zero-order valence-corrected chi connectivity index (χ0v) is 30.2. The van der Waals surface area contributed by atoms with Crippen LogP contribution in [0.15, 0.2) is 57.1 Å². The maximum atomic E-state index is 15.3. The van der Waals surface area contributed by atoms with E-state index in [2.05, 4.69) is 23.6 Å². The van der Waals surface area contributed by atoms with Gasteiger partial charge in [-0.05, 0) is 85.6 Å². The van der Waals surface area contributed by atoms with Crippen LogP contribution in [-0.4, -0.2) is 41.7 Å². The molecule has 1 aliphatic heterocycles. The van der Waals surface area contributed by atoms with Crippen LogP contribution in [0.2, 0.25) is 0 Å². The summed E-state index contributed by atoms with van der Waals surface area (Å²) >= 11 is 0. The van der Waals surface area contributed by atoms with E-state index in [1.54, 1.807) is 28.9 Å². The van der Waals surface area contributed by atoms with Crippen LogP contribution in [0.4, 0.5) is 0 Å². The Balaban J connectivity index is 2.30. The summed E-state index contributed by atoms with van der Waals surface area (Å²) < 4.78 is 55.7. The quantitative estimate of drug-likeness (QED) is 0.153. The lowest BCUT2D eigenvalue weighted by Crippen LogP contribution is -2.50. The van der Waals surface area contributed by atoms with Gasteiger partial charge in [0.15, 0.2) is 5.78 Å². The van der Waals surface area contributed by atoms with Gasteiger partial charge in [-0.1, -0.05) is 89.2 Å². The molecule has 1 aliphatic rings. The summed E-state index contributed by atoms with van der Waals surface area (Å²) in [6.45, 7) is 23.2. The first-order valence-corrected chi connectivity index (χ1v) is 18.5. The summed E-state index contributed by atoms with van der Waals surface area (Å²) in [4.78, 5) is 13.5. The lowest BCUT2D eigenvalue weighted by Gasteiger charge is -2.51. The molecule has 0 aliphatic carbocycles. The smallest absolute Gasteiger partial charge is 0.302 e. The van der Waals surface area contributed by atoms with Gasteiger partial charge < -0.3 is 4.52 Å². The Kier molecular flexibility index (Phi) is 10.8. The van der Waals surface area contributed by atoms with Crippen LogP contribution < -0.4 is 0 Å². The molecule has 0 bridgehead atoms. The number of benzene rings is 2. The molecule has 0 N–H and O–H groups in total. The second-order valence-electron chi connectivity index (χ2n) is 14.2. The Morgan fingerprint density at radius 3 is 1.91 bits per heavy atom. The van der Waals surface area contributed by atoms with Crippen molar-refractivity contribution in [2.24, 2.45) is 9.74 Å². The minimum Gasteiger partial charge on any atom is -0.310 e. The number of carbonyl (C=O) groups is 1. The molecular formula is C33H51N4O5PS. The highest BCUT2D eigenvalue weighted by Gasteiger charge is 2.55. The Hall–Kier alpha value is -2.39. The molecule has 0 saturated carbocycles. The van der Waals surface area contributed by atoms with Gasteiger partial charge >= 0.3 is 17.5 Å². The monoisotopic (exact) mass is 646 g/mol. The van der Waals surface area contributed by atoms with Gasteiger partial charge in [-0.25, -0.2) is 4.67 Å². The van der Waals surface area contributed by atoms with Crippen LogP contribution in [0.1, 0.15) is 135 Å². The highest BCUT2D eigenvalue weighted by molar-refractivity contribution is 7.90. The molecule has 1 amide bonds. The molecule has 9 nitrogen and oxygen atoms in total. The molecule has 2 aromatic carbocycles. The van der Waals surface area contributed by atoms with Gasteiger partial charge in [-0.3, -0.25) is 9.36 Å². The van der Waals surface area contributed by atoms with Crippen LogP contribution >= 0.6 is 7.52 Å². The summed E-state index contributed by atoms with van der Waals surface area (Å²) in [5, 5.41) is 5.06. The van der Waals surface area contributed by atoms with E-state index in [0.29, 0.717) is 29.7 Å². The average molecular weight is 647 g/mol. The Morgan fingerprint density at radius 1 is 0.955 bits per heavy atom. The van der Waals surface area contributed by atoms with Crippen molar-refractivity contribution < 1.29 is 22.3 Å². The van der Waals surface area contributed by atoms with Crippen molar-refractivity contribution in [3.63, 3.8) is 0 Å². The maximum absolute atomic E-state index is 15.3. The molecule has 2 aromatic rings. The molecule has 11 heteroatoms. The molecule has 0 aromatic heterocycles. The predicted molar refractivity (Wildman–Crippen MR) is 176 cm³/mol. The second-order valence-corrected chi connectivity index (χ2v) is 18.1. The lowest BCUT2D eigenvalue weighted by molar-refractivity contribution is -0.131. The largest absolute Gasteiger partial charge is 0.310 e. The summed E-state index contributed by atoms with van der Waals surface area (Å²) in [7, 11) is -8.33. The van der Waals surface area contributed by atoms with E-state index in [0.717, 1.165) is 10.6 Å². The fourth-order valence-electron chi connectivity index (χ4n) is 5.59. The van der Waals surface area contributed by atoms with Gasteiger partial charge in [-0.15, -0.1) is 0 Å². The van der Waals surface area contributed by atoms with E-state index in [1.807, 2.05) is 80.5 Å². The molecular weight excluding hydrogens is 595 g/mol. The van der Waals surface area contributed by atoms with E-state index in [1.165, 1.54) is 6.92 Å². The average Bonchev–Trinajstić information content (AvgIpc) is 2.88. The van der Waals surface area contributed by atoms with Crippen LogP contribution in [0.5, 0.6) is 0 Å². The summed E-state index contributed by atoms with van der Waals surface area (Å²) in [5.74, 6) is -1.87. The number of sulfonamides is 1. The minimum absolute atomic E-state index is 0.105. The number of amides is 1. The molecule has 1 fully saturated rings. The third kappa shape index (κ3) is 7.69. The van der Waals surface area contributed by atoms with Gasteiger partial charge in [-0.2, -0.15) is 13.4 Å². The van der Waals surface area contributed by atoms with Crippen molar-refractivity contribution in [2.45, 2.75) is 129 Å². The first-order valence-electron chi connectivity index (χ1n) is 15.4. The third-order valence-corrected chi connectivity index (χ3v) is 12.6. The normalized spacial score (nSPS) is 20.5. The minimum atomic E-state index is -4.39. The van der Waals surface area contributed by atoms with E-state index in [-0.39, 0.29) is 22.6 Å². The summed E-state index contributed by atoms with van der Waals surface area (Å²) in [6, 6.07) is 12.7. The summed E-state index contributed by atoms with van der Waals surface area (Å²) in [5.41, 5.74) is 1.49. The van der Waals surface area contributed by atoms with Crippen molar-refractivity contribution in [2.75, 3.05) is 6.54 Å². The van der Waals surface area contributed by atoms with E-state index >= 15 is 4.57 Å². The molecule has 3 rings (SSSR count). The van der Waals surface area contributed by atoms with E-state index < -0.39 is 40.4 Å². The Labute approximate surface area is 265 Å². The molecule has 44 heavy (non-hydrogen) atoms. The van der Waals surface area contributed by atoms with Gasteiger partial charge in [0.25, 0.3) is 0 Å². The van der Waals surface area contributed by atoms with Gasteiger partial charge in [0.2, 0.25) is 5.91 Å². The topological polar surface area (TPSA) is 109 Å². The van der Waals surface area contributed by atoms with Crippen molar-refractivity contribution >= 4 is 23.5 Å². The second kappa shape index (κ2) is 13.1. The lowest BCUT2D eigenvalue weighted by atomic mass is 9.89. The number of hydrogen-bond acceptors (Lipinski definition) is 6. The van der Waals surface area contributed by atoms with Crippen molar-refractivity contribution in [1.29, 1.82) is 0 Å². The van der Waals surface area contributed by atoms with Crippen molar-refractivity contribution in [3.8, 4) is 0 Å². The molecule has 2 unspecified atom stereocenters. The number of rotatable bonds is 9. The molecule has 1 heterocycles. The fourth-order valence-corrected chi connectivity index (χ4v) is 10.5. The van der Waals surface area contributed by atoms with Crippen LogP contribution in [-0.2, 0) is 23.9 Å². The molecule has 1 saturated heterocycles. The Morgan fingerprint density at radius 2 is 1.48 bits per heavy atom. The van der Waals surface area contributed by atoms with Crippen LogP contribution in [0, 0.1) is 0 Å². The zero-order valence-electron chi connectivity index (χ0n) is 28.5. The van der Waals surface area contributed by atoms with Crippen LogP contribution in [0.25, 0.3) is 0 Å². The van der Waals surface area contributed by atoms with E-state index in [9.17, 15) is 13.2 Å². The SMILES string of the molecule is CC(=O)N(/N=N/S(=O)(=O)c1c(C(C)C)cc(C(C)C)cc1C(C)C)C(c1ccccc1)P1(=O)OC(C)(C)CCN1C(C)(C)C. The van der Waals surface area contributed by atoms with Crippen LogP contribution in [0.3, 0.4) is 0 Å². The van der Waals surface area contributed by atoms with E-state index in [4.69, 9.17) is 4.52 Å². The molecule has 0 radical (unpaired) electrons. The maximum Gasteiger partial charge on any atom is 0.302 e. The van der Waals surface area contributed by atoms with Gasteiger partial charge in [0.05, 0.1) is 10.5 Å². The standard InChI is InChI=1S/C33H51N4O5PS/c1-22(2)27-20-28(23(3)4)30(29(21-27)24(5)6)44(40,41)35-34-37(25(7)38)31(26-16-14-13-15-17-26)43(39)36(32(8,9)10)19-18-33(11,12)42-43/h13-17,20-24,31H,18-19H2,1-12H3/b35-34+. The number of hydrogen-bond donors (Lipinski definition) is 0. The Bertz CT molecular complexity index is 1500. The summed E-state index contributed by atoms with van der Waals surface area (Å²) in [6.07, 6.45) is 0.619. The highest BCUT2D eigenvalue weighted by atomic mass is 32.2. The zero-order chi connectivity index (χ0) is 33.4. The highest BCUT2D eigenvalue weighted by Crippen LogP contribution is 2.70. The molecule has 0 spiro atoms. The first-order chi connectivity index (χ1) is 20.1. The first kappa shape index (κ1) is 36.1. The fraction of sp³-hybridized carbons (Fsp3) is 0.606. The number of nitrogens with zero attached hydrogens (tertiary/aromatic N) is 4. The van der Waals surface area contributed by atoms with Gasteiger partial charge in [0.1, 0.15) is 0 Å².